The summed E-state index contributed by atoms with van der Waals surface area (Å²) >= 11 is 0. The van der Waals surface area contributed by atoms with Crippen LogP contribution in [0.3, 0.4) is 0 Å². The summed E-state index contributed by atoms with van der Waals surface area (Å²) in [5.74, 6) is -0.179. The molecular weight excluding hydrogens is 378 g/mol. The standard InChI is InChI=1S/C24H19N3O3/c25-16-20-8-6-19(7-9-20)12-15-24(28)26(17-21-4-2-1-3-5-21)18-22-10-13-23(14-11-22)27(29)30/h1-15H,17-18H2/b15-12+. The van der Waals surface area contributed by atoms with Gasteiger partial charge in [0, 0.05) is 31.3 Å². The van der Waals surface area contributed by atoms with Crippen LogP contribution in [-0.4, -0.2) is 15.7 Å². The molecule has 0 aliphatic heterocycles. The van der Waals surface area contributed by atoms with Crippen molar-refractivity contribution in [1.82, 2.24) is 4.90 Å². The zero-order chi connectivity index (χ0) is 21.3. The van der Waals surface area contributed by atoms with E-state index in [9.17, 15) is 14.9 Å². The molecule has 0 saturated carbocycles. The van der Waals surface area contributed by atoms with Gasteiger partial charge in [0.15, 0.2) is 0 Å². The Morgan fingerprint density at radius 3 is 2.10 bits per heavy atom. The van der Waals surface area contributed by atoms with Gasteiger partial charge in [0.05, 0.1) is 16.6 Å². The van der Waals surface area contributed by atoms with Gasteiger partial charge >= 0.3 is 0 Å². The van der Waals surface area contributed by atoms with E-state index in [1.54, 1.807) is 47.4 Å². The smallest absolute Gasteiger partial charge is 0.269 e. The SMILES string of the molecule is N#Cc1ccc(/C=C/C(=O)N(Cc2ccccc2)Cc2ccc([N+](=O)[O-])cc2)cc1. The van der Waals surface area contributed by atoms with Crippen molar-refractivity contribution in [3.05, 3.63) is 117 Å². The summed E-state index contributed by atoms with van der Waals surface area (Å²) in [6.07, 6.45) is 3.20. The van der Waals surface area contributed by atoms with Gasteiger partial charge in [-0.25, -0.2) is 0 Å². The maximum Gasteiger partial charge on any atom is 0.269 e. The van der Waals surface area contributed by atoms with E-state index in [0.717, 1.165) is 16.7 Å². The third-order valence-corrected chi connectivity index (χ3v) is 4.51. The van der Waals surface area contributed by atoms with Crippen molar-refractivity contribution >= 4 is 17.7 Å². The molecule has 0 aliphatic carbocycles. The highest BCUT2D eigenvalue weighted by atomic mass is 16.6. The molecule has 3 rings (SSSR count). The molecule has 0 fully saturated rings. The summed E-state index contributed by atoms with van der Waals surface area (Å²) < 4.78 is 0. The van der Waals surface area contributed by atoms with E-state index in [2.05, 4.69) is 6.07 Å². The van der Waals surface area contributed by atoms with Crippen LogP contribution >= 0.6 is 0 Å². The number of benzene rings is 3. The maximum atomic E-state index is 12.9. The minimum atomic E-state index is -0.447. The molecule has 6 heteroatoms. The van der Waals surface area contributed by atoms with Crippen LogP contribution in [0.4, 0.5) is 5.69 Å². The van der Waals surface area contributed by atoms with Crippen LogP contribution in [0.5, 0.6) is 0 Å². The van der Waals surface area contributed by atoms with Crippen LogP contribution in [-0.2, 0) is 17.9 Å². The maximum absolute atomic E-state index is 12.9. The number of nitriles is 1. The molecule has 0 spiro atoms. The fourth-order valence-electron chi connectivity index (χ4n) is 2.90. The summed E-state index contributed by atoms with van der Waals surface area (Å²) in [6, 6.07) is 24.8. The van der Waals surface area contributed by atoms with E-state index in [1.807, 2.05) is 30.3 Å². The zero-order valence-electron chi connectivity index (χ0n) is 16.1. The van der Waals surface area contributed by atoms with Crippen molar-refractivity contribution in [3.8, 4) is 6.07 Å². The second-order valence-electron chi connectivity index (χ2n) is 6.67. The Kier molecular flexibility index (Phi) is 6.70. The number of amides is 1. The predicted molar refractivity (Wildman–Crippen MR) is 114 cm³/mol. The van der Waals surface area contributed by atoms with Gasteiger partial charge in [-0.2, -0.15) is 5.26 Å². The second-order valence-corrected chi connectivity index (χ2v) is 6.67. The monoisotopic (exact) mass is 397 g/mol. The fraction of sp³-hybridized carbons (Fsp3) is 0.0833. The van der Waals surface area contributed by atoms with Gasteiger partial charge in [-0.15, -0.1) is 0 Å². The number of nitrogens with zero attached hydrogens (tertiary/aromatic N) is 3. The fourth-order valence-corrected chi connectivity index (χ4v) is 2.90. The van der Waals surface area contributed by atoms with Gasteiger partial charge < -0.3 is 4.90 Å². The van der Waals surface area contributed by atoms with Gasteiger partial charge in [-0.05, 0) is 34.9 Å². The first-order valence-corrected chi connectivity index (χ1v) is 9.29. The lowest BCUT2D eigenvalue weighted by atomic mass is 10.1. The molecule has 0 bridgehead atoms. The van der Waals surface area contributed by atoms with Crippen LogP contribution < -0.4 is 0 Å². The summed E-state index contributed by atoms with van der Waals surface area (Å²) in [5.41, 5.74) is 3.18. The Morgan fingerprint density at radius 2 is 1.53 bits per heavy atom. The van der Waals surface area contributed by atoms with Crippen LogP contribution in [0, 0.1) is 21.4 Å². The van der Waals surface area contributed by atoms with E-state index >= 15 is 0 Å². The van der Waals surface area contributed by atoms with Crippen molar-refractivity contribution in [3.63, 3.8) is 0 Å². The first kappa shape index (κ1) is 20.5. The molecule has 0 N–H and O–H groups in total. The Hall–Kier alpha value is -4.24. The lowest BCUT2D eigenvalue weighted by Crippen LogP contribution is -2.28. The van der Waals surface area contributed by atoms with Crippen LogP contribution in [0.2, 0.25) is 0 Å². The second kappa shape index (κ2) is 9.80. The Balaban J connectivity index is 1.78. The largest absolute Gasteiger partial charge is 0.331 e. The first-order chi connectivity index (χ1) is 14.5. The number of rotatable bonds is 7. The molecular formula is C24H19N3O3. The molecule has 3 aromatic rings. The van der Waals surface area contributed by atoms with E-state index in [0.29, 0.717) is 18.7 Å². The summed E-state index contributed by atoms with van der Waals surface area (Å²) in [4.78, 5) is 25.0. The van der Waals surface area contributed by atoms with Crippen LogP contribution in [0.1, 0.15) is 22.3 Å². The minimum absolute atomic E-state index is 0.0143. The molecule has 1 amide bonds. The number of hydrogen-bond acceptors (Lipinski definition) is 4. The Labute approximate surface area is 174 Å². The van der Waals surface area contributed by atoms with Crippen molar-refractivity contribution in [2.24, 2.45) is 0 Å². The number of nitro benzene ring substituents is 1. The average Bonchev–Trinajstić information content (AvgIpc) is 2.78. The molecule has 0 atom stereocenters. The molecule has 3 aromatic carbocycles. The molecule has 6 nitrogen and oxygen atoms in total. The predicted octanol–water partition coefficient (Wildman–Crippen LogP) is 4.71. The van der Waals surface area contributed by atoms with Crippen molar-refractivity contribution < 1.29 is 9.72 Å². The normalized spacial score (nSPS) is 10.5. The van der Waals surface area contributed by atoms with Gasteiger partial charge in [0.25, 0.3) is 5.69 Å². The number of nitro groups is 1. The Bertz CT molecular complexity index is 1080. The highest BCUT2D eigenvalue weighted by Crippen LogP contribution is 2.16. The van der Waals surface area contributed by atoms with Crippen molar-refractivity contribution in [2.45, 2.75) is 13.1 Å². The molecule has 0 saturated heterocycles. The average molecular weight is 397 g/mol. The van der Waals surface area contributed by atoms with Crippen LogP contribution in [0.15, 0.2) is 84.9 Å². The van der Waals surface area contributed by atoms with E-state index in [-0.39, 0.29) is 11.6 Å². The van der Waals surface area contributed by atoms with E-state index in [4.69, 9.17) is 5.26 Å². The quantitative estimate of drug-likeness (QED) is 0.328. The topological polar surface area (TPSA) is 87.2 Å². The summed E-state index contributed by atoms with van der Waals surface area (Å²) in [6.45, 7) is 0.734. The zero-order valence-corrected chi connectivity index (χ0v) is 16.1. The lowest BCUT2D eigenvalue weighted by molar-refractivity contribution is -0.384. The number of non-ortho nitro benzene ring substituents is 1. The van der Waals surface area contributed by atoms with Crippen LogP contribution in [0.25, 0.3) is 6.08 Å². The van der Waals surface area contributed by atoms with Gasteiger partial charge in [-0.3, -0.25) is 14.9 Å². The molecule has 0 unspecified atom stereocenters. The first-order valence-electron chi connectivity index (χ1n) is 9.29. The van der Waals surface area contributed by atoms with Crippen molar-refractivity contribution in [1.29, 1.82) is 5.26 Å². The number of carbonyl (C=O) groups excluding carboxylic acids is 1. The van der Waals surface area contributed by atoms with E-state index < -0.39 is 4.92 Å². The Morgan fingerprint density at radius 1 is 0.933 bits per heavy atom. The molecule has 148 valence electrons. The molecule has 30 heavy (non-hydrogen) atoms. The highest BCUT2D eigenvalue weighted by molar-refractivity contribution is 5.91. The summed E-state index contributed by atoms with van der Waals surface area (Å²) in [5, 5.41) is 19.7. The van der Waals surface area contributed by atoms with E-state index in [1.165, 1.54) is 18.2 Å². The third-order valence-electron chi connectivity index (χ3n) is 4.51. The van der Waals surface area contributed by atoms with Gasteiger partial charge in [0.1, 0.15) is 0 Å². The highest BCUT2D eigenvalue weighted by Gasteiger charge is 2.13. The van der Waals surface area contributed by atoms with Gasteiger partial charge in [-0.1, -0.05) is 54.6 Å². The van der Waals surface area contributed by atoms with Crippen molar-refractivity contribution in [2.75, 3.05) is 0 Å². The molecule has 0 aliphatic rings. The molecule has 0 heterocycles. The summed E-state index contributed by atoms with van der Waals surface area (Å²) in [7, 11) is 0. The minimum Gasteiger partial charge on any atom is -0.331 e. The third kappa shape index (κ3) is 5.63. The number of hydrogen-bond donors (Lipinski definition) is 0. The number of carbonyl (C=O) groups is 1. The molecule has 0 aromatic heterocycles. The van der Waals surface area contributed by atoms with Gasteiger partial charge in [0.2, 0.25) is 5.91 Å². The lowest BCUT2D eigenvalue weighted by Gasteiger charge is -2.21. The molecule has 0 radical (unpaired) electrons.